The summed E-state index contributed by atoms with van der Waals surface area (Å²) >= 11 is 0. The van der Waals surface area contributed by atoms with Crippen molar-refractivity contribution in [1.29, 1.82) is 5.26 Å². The first-order valence-electron chi connectivity index (χ1n) is 13.9. The largest absolute Gasteiger partial charge is 0.444 e. The van der Waals surface area contributed by atoms with Crippen LogP contribution < -0.4 is 10.4 Å². The van der Waals surface area contributed by atoms with Crippen molar-refractivity contribution >= 4 is 24.8 Å². The van der Waals surface area contributed by atoms with Gasteiger partial charge in [-0.3, -0.25) is 4.90 Å². The molecule has 0 bridgehead atoms. The van der Waals surface area contributed by atoms with Crippen LogP contribution in [0.4, 0.5) is 4.79 Å². The molecule has 0 radical (unpaired) electrons. The van der Waals surface area contributed by atoms with Gasteiger partial charge in [-0.25, -0.2) is 4.79 Å². The molecule has 2 fully saturated rings. The fourth-order valence-corrected chi connectivity index (χ4v) is 10.8. The van der Waals surface area contributed by atoms with E-state index in [0.717, 1.165) is 0 Å². The van der Waals surface area contributed by atoms with E-state index in [0.29, 0.717) is 26.2 Å². The summed E-state index contributed by atoms with van der Waals surface area (Å²) in [5, 5.41) is 12.9. The van der Waals surface area contributed by atoms with Gasteiger partial charge in [0.25, 0.3) is 8.32 Å². The van der Waals surface area contributed by atoms with E-state index in [1.807, 2.05) is 32.9 Å². The van der Waals surface area contributed by atoms with Crippen LogP contribution in [0.2, 0.25) is 5.04 Å². The Labute approximate surface area is 234 Å². The molecule has 0 unspecified atom stereocenters. The molecule has 2 aromatic carbocycles. The Morgan fingerprint density at radius 3 is 2.03 bits per heavy atom. The van der Waals surface area contributed by atoms with E-state index in [1.165, 1.54) is 10.4 Å². The molecular weight excluding hydrogens is 506 g/mol. The van der Waals surface area contributed by atoms with E-state index in [1.54, 1.807) is 4.90 Å². The van der Waals surface area contributed by atoms with Crippen LogP contribution >= 0.6 is 0 Å². The van der Waals surface area contributed by atoms with E-state index >= 15 is 0 Å². The fraction of sp³-hybridized carbons (Fsp3) is 0.548. The third-order valence-corrected chi connectivity index (χ3v) is 12.9. The van der Waals surface area contributed by atoms with Gasteiger partial charge in [-0.2, -0.15) is 5.26 Å². The normalized spacial score (nSPS) is 24.8. The molecule has 0 spiro atoms. The van der Waals surface area contributed by atoms with Gasteiger partial charge < -0.3 is 18.8 Å². The third kappa shape index (κ3) is 5.64. The highest BCUT2D eigenvalue weighted by Crippen LogP contribution is 2.41. The molecule has 4 rings (SSSR count). The van der Waals surface area contributed by atoms with Crippen molar-refractivity contribution in [2.75, 3.05) is 32.8 Å². The predicted molar refractivity (Wildman–Crippen MR) is 156 cm³/mol. The highest BCUT2D eigenvalue weighted by atomic mass is 28.4. The van der Waals surface area contributed by atoms with Gasteiger partial charge in [0.1, 0.15) is 11.7 Å². The number of nitriles is 1. The molecule has 7 nitrogen and oxygen atoms in total. The Balaban J connectivity index is 1.70. The molecule has 2 aliphatic rings. The molecule has 2 aliphatic heterocycles. The average molecular weight is 550 g/mol. The Bertz CT molecular complexity index is 1130. The number of nitrogens with zero attached hydrogens (tertiary/aromatic N) is 3. The zero-order valence-corrected chi connectivity index (χ0v) is 25.4. The van der Waals surface area contributed by atoms with Crippen molar-refractivity contribution in [3.8, 4) is 6.07 Å². The summed E-state index contributed by atoms with van der Waals surface area (Å²) in [7, 11) is -2.91. The second kappa shape index (κ2) is 11.1. The van der Waals surface area contributed by atoms with Crippen LogP contribution in [0.3, 0.4) is 0 Å². The number of benzene rings is 2. The quantitative estimate of drug-likeness (QED) is 0.522. The lowest BCUT2D eigenvalue weighted by molar-refractivity contribution is -0.0323. The number of rotatable bonds is 5. The number of hydrogen-bond acceptors (Lipinski definition) is 6. The van der Waals surface area contributed by atoms with Crippen LogP contribution in [0, 0.1) is 11.3 Å². The highest BCUT2D eigenvalue weighted by Gasteiger charge is 2.59. The first-order chi connectivity index (χ1) is 18.3. The molecule has 2 heterocycles. The van der Waals surface area contributed by atoms with Gasteiger partial charge in [0.15, 0.2) is 5.54 Å². The van der Waals surface area contributed by atoms with Crippen LogP contribution in [0.15, 0.2) is 60.7 Å². The number of carbonyl (C=O) groups is 1. The first kappa shape index (κ1) is 29.3. The topological polar surface area (TPSA) is 75.0 Å². The van der Waals surface area contributed by atoms with Gasteiger partial charge in [0.2, 0.25) is 0 Å². The maximum atomic E-state index is 12.8. The highest BCUT2D eigenvalue weighted by molar-refractivity contribution is 6.99. The second-order valence-electron chi connectivity index (χ2n) is 12.8. The smallest absolute Gasteiger partial charge is 0.410 e. The third-order valence-electron chi connectivity index (χ3n) is 7.85. The van der Waals surface area contributed by atoms with E-state index in [-0.39, 0.29) is 23.8 Å². The van der Waals surface area contributed by atoms with Crippen molar-refractivity contribution in [2.45, 2.75) is 76.8 Å². The number of carbonyl (C=O) groups excluding carboxylic acids is 1. The second-order valence-corrected chi connectivity index (χ2v) is 17.0. The lowest BCUT2D eigenvalue weighted by Crippen LogP contribution is -2.72. The van der Waals surface area contributed by atoms with Gasteiger partial charge in [-0.15, -0.1) is 0 Å². The molecule has 3 atom stereocenters. The molecule has 8 heteroatoms. The van der Waals surface area contributed by atoms with Crippen LogP contribution in [-0.4, -0.2) is 80.3 Å². The van der Waals surface area contributed by atoms with Crippen LogP contribution in [0.1, 0.15) is 48.5 Å². The van der Waals surface area contributed by atoms with Gasteiger partial charge in [0, 0.05) is 25.7 Å². The molecule has 2 saturated heterocycles. The number of amides is 1. The van der Waals surface area contributed by atoms with Crippen LogP contribution in [0.25, 0.3) is 0 Å². The summed E-state index contributed by atoms with van der Waals surface area (Å²) in [5.41, 5.74) is -1.52. The molecule has 0 aromatic heterocycles. The van der Waals surface area contributed by atoms with E-state index in [4.69, 9.17) is 13.9 Å². The van der Waals surface area contributed by atoms with Crippen molar-refractivity contribution in [1.82, 2.24) is 9.80 Å². The summed E-state index contributed by atoms with van der Waals surface area (Å²) in [5.74, 6) is 0. The summed E-state index contributed by atoms with van der Waals surface area (Å²) in [6.07, 6.45) is -0.771. The summed E-state index contributed by atoms with van der Waals surface area (Å²) < 4.78 is 19.1. The van der Waals surface area contributed by atoms with Gasteiger partial charge in [0.05, 0.1) is 19.3 Å². The average Bonchev–Trinajstić information content (AvgIpc) is 3.29. The van der Waals surface area contributed by atoms with Gasteiger partial charge in [-0.05, 0) is 43.1 Å². The predicted octanol–water partition coefficient (Wildman–Crippen LogP) is 4.17. The summed E-state index contributed by atoms with van der Waals surface area (Å²) in [4.78, 5) is 16.7. The van der Waals surface area contributed by atoms with Crippen molar-refractivity contribution in [2.24, 2.45) is 0 Å². The molecule has 0 N–H and O–H groups in total. The first-order valence-corrected chi connectivity index (χ1v) is 15.8. The zero-order chi connectivity index (χ0) is 28.5. The standard InChI is InChI=1S/C31H43N3O4Si/c1-24-20-33(28(35)37-29(2,3)4)18-19-34(24)31(22-32)23-36-21-27(31)38-39(30(5,6)7,25-14-10-8-11-15-25)26-16-12-9-13-17-26/h8-17,24,27H,18-21,23H2,1-7H3/t24-,27-,31+/m0/s1. The Morgan fingerprint density at radius 2 is 1.56 bits per heavy atom. The maximum Gasteiger partial charge on any atom is 0.410 e. The minimum Gasteiger partial charge on any atom is -0.444 e. The summed E-state index contributed by atoms with van der Waals surface area (Å²) in [6.45, 7) is 16.5. The Hall–Kier alpha value is -2.70. The van der Waals surface area contributed by atoms with E-state index in [9.17, 15) is 10.1 Å². The van der Waals surface area contributed by atoms with Crippen molar-refractivity contribution in [3.05, 3.63) is 60.7 Å². The minimum absolute atomic E-state index is 0.0714. The molecule has 0 saturated carbocycles. The molecule has 0 aliphatic carbocycles. The van der Waals surface area contributed by atoms with Gasteiger partial charge in [-0.1, -0.05) is 81.4 Å². The Morgan fingerprint density at radius 1 is 1.00 bits per heavy atom. The molecule has 39 heavy (non-hydrogen) atoms. The van der Waals surface area contributed by atoms with Crippen molar-refractivity contribution < 1.29 is 18.7 Å². The van der Waals surface area contributed by atoms with E-state index in [2.05, 4.69) is 87.2 Å². The maximum absolute atomic E-state index is 12.8. The number of piperazine rings is 1. The van der Waals surface area contributed by atoms with Crippen LogP contribution in [-0.2, 0) is 13.9 Å². The van der Waals surface area contributed by atoms with Crippen molar-refractivity contribution in [3.63, 3.8) is 0 Å². The number of ether oxygens (including phenoxy) is 2. The fourth-order valence-electron chi connectivity index (χ4n) is 6.07. The monoisotopic (exact) mass is 549 g/mol. The molecule has 1 amide bonds. The molecule has 210 valence electrons. The van der Waals surface area contributed by atoms with Crippen LogP contribution in [0.5, 0.6) is 0 Å². The zero-order valence-electron chi connectivity index (χ0n) is 24.4. The lowest BCUT2D eigenvalue weighted by Gasteiger charge is -2.51. The Kier molecular flexibility index (Phi) is 8.30. The number of hydrogen-bond donors (Lipinski definition) is 0. The summed E-state index contributed by atoms with van der Waals surface area (Å²) in [6, 6.07) is 23.5. The lowest BCUT2D eigenvalue weighted by atomic mass is 9.92. The van der Waals surface area contributed by atoms with Gasteiger partial charge >= 0.3 is 6.09 Å². The molecule has 2 aromatic rings. The minimum atomic E-state index is -2.91. The SMILES string of the molecule is C[C@H]1CN(C(=O)OC(C)(C)C)CCN1[C@]1(C#N)COC[C@@H]1O[Si](c1ccccc1)(c1ccccc1)C(C)(C)C. The molecular formula is C31H43N3O4Si. The van der Waals surface area contributed by atoms with E-state index < -0.39 is 25.6 Å².